The zero-order valence-corrected chi connectivity index (χ0v) is 10.1. The molecule has 88 valence electrons. The first-order chi connectivity index (χ1) is 7.45. The molecule has 0 saturated carbocycles. The molecule has 16 heavy (non-hydrogen) atoms. The van der Waals surface area contributed by atoms with E-state index in [1.54, 1.807) is 6.07 Å². The van der Waals surface area contributed by atoms with Gasteiger partial charge in [-0.05, 0) is 32.4 Å². The maximum atomic E-state index is 13.7. The summed E-state index contributed by atoms with van der Waals surface area (Å²) in [7, 11) is 0. The lowest BCUT2D eigenvalue weighted by molar-refractivity contribution is 0.0943. The van der Waals surface area contributed by atoms with E-state index < -0.39 is 0 Å². The van der Waals surface area contributed by atoms with Crippen LogP contribution in [0.15, 0.2) is 18.2 Å². The highest BCUT2D eigenvalue weighted by molar-refractivity contribution is 5.36. The molecule has 1 heterocycles. The minimum absolute atomic E-state index is 0.00942. The van der Waals surface area contributed by atoms with Crippen molar-refractivity contribution in [3.8, 4) is 0 Å². The van der Waals surface area contributed by atoms with Crippen LogP contribution in [0.5, 0.6) is 0 Å². The van der Waals surface area contributed by atoms with Gasteiger partial charge in [0.1, 0.15) is 5.82 Å². The molecule has 1 aromatic rings. The highest BCUT2D eigenvalue weighted by Gasteiger charge is 2.37. The van der Waals surface area contributed by atoms with Crippen molar-refractivity contribution in [2.45, 2.75) is 38.9 Å². The van der Waals surface area contributed by atoms with E-state index in [-0.39, 0.29) is 17.4 Å². The van der Waals surface area contributed by atoms with Gasteiger partial charge in [-0.15, -0.1) is 0 Å². The molecule has 0 bridgehead atoms. The summed E-state index contributed by atoms with van der Waals surface area (Å²) in [5.41, 5.74) is 7.70. The van der Waals surface area contributed by atoms with Gasteiger partial charge in [-0.25, -0.2) is 4.39 Å². The van der Waals surface area contributed by atoms with Crippen molar-refractivity contribution in [2.24, 2.45) is 5.73 Å². The number of nitrogens with zero attached hydrogens (tertiary/aromatic N) is 1. The molecule has 2 N–H and O–H groups in total. The van der Waals surface area contributed by atoms with Gasteiger partial charge in [0.05, 0.1) is 0 Å². The number of halogens is 1. The van der Waals surface area contributed by atoms with E-state index in [4.69, 9.17) is 5.73 Å². The van der Waals surface area contributed by atoms with Crippen LogP contribution in [-0.4, -0.2) is 17.0 Å². The number of fused-ring (bicyclic) bond motifs is 1. The summed E-state index contributed by atoms with van der Waals surface area (Å²) in [5.74, 6) is -0.109. The molecule has 0 aliphatic carbocycles. The van der Waals surface area contributed by atoms with Crippen molar-refractivity contribution in [2.75, 3.05) is 6.54 Å². The molecule has 0 radical (unpaired) electrons. The third-order valence-electron chi connectivity index (χ3n) is 3.30. The third kappa shape index (κ3) is 1.74. The molecule has 0 amide bonds. The van der Waals surface area contributed by atoms with Gasteiger partial charge in [0.25, 0.3) is 0 Å². The van der Waals surface area contributed by atoms with Crippen molar-refractivity contribution in [1.29, 1.82) is 0 Å². The lowest BCUT2D eigenvalue weighted by atomic mass is 10.0. The fourth-order valence-corrected chi connectivity index (χ4v) is 2.46. The maximum absolute atomic E-state index is 13.7. The Morgan fingerprint density at radius 1 is 1.44 bits per heavy atom. The van der Waals surface area contributed by atoms with Crippen LogP contribution in [0.3, 0.4) is 0 Å². The second-order valence-electron chi connectivity index (χ2n) is 5.36. The first-order valence-corrected chi connectivity index (χ1v) is 5.69. The van der Waals surface area contributed by atoms with E-state index in [0.717, 1.165) is 11.1 Å². The Morgan fingerprint density at radius 3 is 2.69 bits per heavy atom. The molecular weight excluding hydrogens is 203 g/mol. The van der Waals surface area contributed by atoms with Gasteiger partial charge in [0.2, 0.25) is 0 Å². The Morgan fingerprint density at radius 2 is 2.12 bits per heavy atom. The van der Waals surface area contributed by atoms with E-state index in [2.05, 4.69) is 25.7 Å². The average molecular weight is 222 g/mol. The smallest absolute Gasteiger partial charge is 0.128 e. The van der Waals surface area contributed by atoms with Gasteiger partial charge >= 0.3 is 0 Å². The summed E-state index contributed by atoms with van der Waals surface area (Å²) >= 11 is 0. The predicted octanol–water partition coefficient (Wildman–Crippen LogP) is 2.44. The Hall–Kier alpha value is -0.930. The number of hydrogen-bond donors (Lipinski definition) is 1. The molecular formula is C13H19FN2. The summed E-state index contributed by atoms with van der Waals surface area (Å²) in [6.45, 7) is 7.61. The minimum Gasteiger partial charge on any atom is -0.329 e. The van der Waals surface area contributed by atoms with Gasteiger partial charge < -0.3 is 5.73 Å². The molecule has 1 unspecified atom stereocenters. The fourth-order valence-electron chi connectivity index (χ4n) is 2.46. The minimum atomic E-state index is -0.109. The second-order valence-corrected chi connectivity index (χ2v) is 5.36. The summed E-state index contributed by atoms with van der Waals surface area (Å²) in [4.78, 5) is 2.26. The Balaban J connectivity index is 2.44. The van der Waals surface area contributed by atoms with E-state index >= 15 is 0 Å². The molecule has 3 heteroatoms. The third-order valence-corrected chi connectivity index (χ3v) is 3.30. The summed E-state index contributed by atoms with van der Waals surface area (Å²) in [5, 5.41) is 0. The molecule has 1 aliphatic rings. The van der Waals surface area contributed by atoms with E-state index in [1.165, 1.54) is 6.07 Å². The average Bonchev–Trinajstić information content (AvgIpc) is 2.57. The van der Waals surface area contributed by atoms with Gasteiger partial charge in [0.15, 0.2) is 0 Å². The zero-order chi connectivity index (χ0) is 11.9. The van der Waals surface area contributed by atoms with Crippen molar-refractivity contribution in [1.82, 2.24) is 4.90 Å². The van der Waals surface area contributed by atoms with Crippen LogP contribution in [0.1, 0.15) is 37.9 Å². The van der Waals surface area contributed by atoms with Crippen molar-refractivity contribution >= 4 is 0 Å². The Bertz CT molecular complexity index is 395. The topological polar surface area (TPSA) is 29.3 Å². The number of benzene rings is 1. The molecule has 2 nitrogen and oxygen atoms in total. The highest BCUT2D eigenvalue weighted by atomic mass is 19.1. The molecule has 0 fully saturated rings. The van der Waals surface area contributed by atoms with Crippen LogP contribution in [-0.2, 0) is 6.54 Å². The lowest BCUT2D eigenvalue weighted by Crippen LogP contribution is -2.42. The summed E-state index contributed by atoms with van der Waals surface area (Å²) < 4.78 is 13.7. The van der Waals surface area contributed by atoms with Crippen LogP contribution >= 0.6 is 0 Å². The fraction of sp³-hybridized carbons (Fsp3) is 0.538. The number of nitrogens with two attached hydrogens (primary N) is 1. The summed E-state index contributed by atoms with van der Waals surface area (Å²) in [6, 6.07) is 5.43. The molecule has 1 atom stereocenters. The first kappa shape index (κ1) is 11.6. The van der Waals surface area contributed by atoms with Crippen molar-refractivity contribution < 1.29 is 4.39 Å². The zero-order valence-electron chi connectivity index (χ0n) is 10.1. The Kier molecular flexibility index (Phi) is 2.76. The van der Waals surface area contributed by atoms with Gasteiger partial charge in [-0.3, -0.25) is 4.90 Å². The van der Waals surface area contributed by atoms with Crippen LogP contribution in [0, 0.1) is 5.82 Å². The Labute approximate surface area is 96.2 Å². The largest absolute Gasteiger partial charge is 0.329 e. The van der Waals surface area contributed by atoms with E-state index in [0.29, 0.717) is 13.1 Å². The normalized spacial score (nSPS) is 21.2. The van der Waals surface area contributed by atoms with Gasteiger partial charge in [0, 0.05) is 30.2 Å². The van der Waals surface area contributed by atoms with Gasteiger partial charge in [-0.2, -0.15) is 0 Å². The van der Waals surface area contributed by atoms with Crippen molar-refractivity contribution in [3.63, 3.8) is 0 Å². The molecule has 2 rings (SSSR count). The monoisotopic (exact) mass is 222 g/mol. The van der Waals surface area contributed by atoms with E-state index in [9.17, 15) is 4.39 Å². The molecule has 0 saturated heterocycles. The predicted molar refractivity (Wildman–Crippen MR) is 63.5 cm³/mol. The molecule has 0 aromatic heterocycles. The quantitative estimate of drug-likeness (QED) is 0.790. The van der Waals surface area contributed by atoms with Crippen LogP contribution in [0.2, 0.25) is 0 Å². The lowest BCUT2D eigenvalue weighted by Gasteiger charge is -2.36. The van der Waals surface area contributed by atoms with Gasteiger partial charge in [-0.1, -0.05) is 12.1 Å². The number of hydrogen-bond acceptors (Lipinski definition) is 2. The first-order valence-electron chi connectivity index (χ1n) is 5.69. The standard InChI is InChI=1S/C13H19FN2/c1-13(2,3)16-8-10-9(12(16)7-15)5-4-6-11(10)14/h4-6,12H,7-8,15H2,1-3H3. The molecule has 1 aromatic carbocycles. The van der Waals surface area contributed by atoms with Crippen LogP contribution in [0.4, 0.5) is 4.39 Å². The van der Waals surface area contributed by atoms with Crippen LogP contribution in [0.25, 0.3) is 0 Å². The van der Waals surface area contributed by atoms with E-state index in [1.807, 2.05) is 6.07 Å². The molecule has 1 aliphatic heterocycles. The SMILES string of the molecule is CC(C)(C)N1Cc2c(F)cccc2C1CN. The van der Waals surface area contributed by atoms with Crippen molar-refractivity contribution in [3.05, 3.63) is 35.1 Å². The van der Waals surface area contributed by atoms with Crippen LogP contribution < -0.4 is 5.73 Å². The maximum Gasteiger partial charge on any atom is 0.128 e. The summed E-state index contributed by atoms with van der Waals surface area (Å²) in [6.07, 6.45) is 0. The molecule has 0 spiro atoms. The number of rotatable bonds is 1. The second kappa shape index (κ2) is 3.82. The highest BCUT2D eigenvalue weighted by Crippen LogP contribution is 2.38.